The fourth-order valence-electron chi connectivity index (χ4n) is 1.48. The molecule has 0 bridgehead atoms. The van der Waals surface area contributed by atoms with Crippen LogP contribution in [0.1, 0.15) is 10.9 Å². The van der Waals surface area contributed by atoms with Crippen LogP contribution in [0, 0.1) is 0 Å². The van der Waals surface area contributed by atoms with Crippen LogP contribution < -0.4 is 5.32 Å². The number of anilines is 1. The van der Waals surface area contributed by atoms with Crippen LogP contribution in [0.5, 0.6) is 0 Å². The molecule has 0 spiro atoms. The van der Waals surface area contributed by atoms with Crippen LogP contribution in [-0.2, 0) is 4.79 Å². The maximum Gasteiger partial charge on any atom is 0.331 e. The Kier molecular flexibility index (Phi) is 4.42. The Hall–Kier alpha value is -0.850. The van der Waals surface area contributed by atoms with Gasteiger partial charge in [0.2, 0.25) is 0 Å². The monoisotopic (exact) mass is 389 g/mol. The summed E-state index contributed by atoms with van der Waals surface area (Å²) in [5, 5.41) is 12.3. The lowest BCUT2D eigenvalue weighted by Gasteiger charge is -2.14. The van der Waals surface area contributed by atoms with Crippen LogP contribution in [0.4, 0.5) is 5.69 Å². The van der Waals surface area contributed by atoms with Crippen molar-refractivity contribution >= 4 is 54.9 Å². The van der Waals surface area contributed by atoms with Crippen molar-refractivity contribution in [1.29, 1.82) is 0 Å². The highest BCUT2D eigenvalue weighted by atomic mass is 79.9. The van der Waals surface area contributed by atoms with Crippen molar-refractivity contribution in [2.24, 2.45) is 0 Å². The smallest absolute Gasteiger partial charge is 0.331 e. The van der Waals surface area contributed by atoms with Crippen molar-refractivity contribution in [1.82, 2.24) is 0 Å². The maximum absolute atomic E-state index is 11.3. The third kappa shape index (κ3) is 3.34. The lowest BCUT2D eigenvalue weighted by atomic mass is 10.2. The molecular weight excluding hydrogens is 382 g/mol. The molecule has 0 amide bonds. The topological polar surface area (TPSA) is 49.3 Å². The van der Waals surface area contributed by atoms with E-state index < -0.39 is 12.0 Å². The molecular formula is C12H9Br2NO2S. The average Bonchev–Trinajstić information content (AvgIpc) is 2.72. The standard InChI is InChI=1S/C12H9Br2NO2S/c13-7-2-1-3-8(6-7)15-11(12(16)17)9-4-5-10(14)18-9/h1-6,11,15H,(H,16,17). The number of carbonyl (C=O) groups is 1. The van der Waals surface area contributed by atoms with Crippen LogP contribution in [-0.4, -0.2) is 11.1 Å². The van der Waals surface area contributed by atoms with Crippen molar-refractivity contribution in [3.63, 3.8) is 0 Å². The normalized spacial score (nSPS) is 12.1. The molecule has 1 heterocycles. The van der Waals surface area contributed by atoms with E-state index in [0.29, 0.717) is 0 Å². The fraction of sp³-hybridized carbons (Fsp3) is 0.0833. The van der Waals surface area contributed by atoms with Gasteiger partial charge < -0.3 is 10.4 Å². The van der Waals surface area contributed by atoms with Gasteiger partial charge >= 0.3 is 5.97 Å². The van der Waals surface area contributed by atoms with Gasteiger partial charge in [-0.05, 0) is 46.3 Å². The van der Waals surface area contributed by atoms with Crippen LogP contribution in [0.15, 0.2) is 44.7 Å². The first-order valence-electron chi connectivity index (χ1n) is 5.06. The summed E-state index contributed by atoms with van der Waals surface area (Å²) >= 11 is 8.10. The Bertz CT molecular complexity index is 571. The first-order chi connectivity index (χ1) is 8.56. The summed E-state index contributed by atoms with van der Waals surface area (Å²) in [6.45, 7) is 0. The molecule has 0 fully saturated rings. The Labute approximate surface area is 125 Å². The van der Waals surface area contributed by atoms with Crippen molar-refractivity contribution in [3.05, 3.63) is 49.5 Å². The van der Waals surface area contributed by atoms with Crippen molar-refractivity contribution < 1.29 is 9.90 Å². The average molecular weight is 391 g/mol. The Morgan fingerprint density at radius 1 is 1.28 bits per heavy atom. The molecule has 0 aliphatic carbocycles. The Morgan fingerprint density at radius 2 is 2.06 bits per heavy atom. The molecule has 94 valence electrons. The van der Waals surface area contributed by atoms with Crippen molar-refractivity contribution in [2.45, 2.75) is 6.04 Å². The molecule has 1 aromatic carbocycles. The third-order valence-corrected chi connectivity index (χ3v) is 4.44. The first-order valence-corrected chi connectivity index (χ1v) is 7.46. The quantitative estimate of drug-likeness (QED) is 0.807. The van der Waals surface area contributed by atoms with E-state index in [-0.39, 0.29) is 0 Å². The van der Waals surface area contributed by atoms with Gasteiger partial charge in [-0.3, -0.25) is 0 Å². The first kappa shape index (κ1) is 13.6. The molecule has 3 nitrogen and oxygen atoms in total. The van der Waals surface area contributed by atoms with Crippen molar-refractivity contribution in [2.75, 3.05) is 5.32 Å². The number of thiophene rings is 1. The molecule has 1 aromatic heterocycles. The minimum Gasteiger partial charge on any atom is -0.479 e. The summed E-state index contributed by atoms with van der Waals surface area (Å²) in [6.07, 6.45) is 0. The lowest BCUT2D eigenvalue weighted by Crippen LogP contribution is -2.19. The van der Waals surface area contributed by atoms with Crippen LogP contribution in [0.3, 0.4) is 0 Å². The molecule has 0 saturated heterocycles. The zero-order valence-electron chi connectivity index (χ0n) is 9.06. The number of aliphatic carboxylic acids is 1. The number of hydrogen-bond donors (Lipinski definition) is 2. The largest absolute Gasteiger partial charge is 0.479 e. The van der Waals surface area contributed by atoms with Crippen LogP contribution in [0.2, 0.25) is 0 Å². The maximum atomic E-state index is 11.3. The summed E-state index contributed by atoms with van der Waals surface area (Å²) in [6, 6.07) is 10.3. The van der Waals surface area contributed by atoms with E-state index in [4.69, 9.17) is 0 Å². The third-order valence-electron chi connectivity index (χ3n) is 2.26. The SMILES string of the molecule is O=C(O)C(Nc1cccc(Br)c1)c1ccc(Br)s1. The molecule has 0 aliphatic rings. The highest BCUT2D eigenvalue weighted by Crippen LogP contribution is 2.30. The summed E-state index contributed by atoms with van der Waals surface area (Å²) < 4.78 is 1.82. The second-order valence-corrected chi connectivity index (χ2v) is 6.98. The second-order valence-electron chi connectivity index (χ2n) is 3.57. The number of carboxylic acids is 1. The van der Waals surface area contributed by atoms with Gasteiger partial charge in [0.25, 0.3) is 0 Å². The molecule has 6 heteroatoms. The van der Waals surface area contributed by atoms with E-state index in [1.54, 1.807) is 6.07 Å². The van der Waals surface area contributed by atoms with Gasteiger partial charge in [-0.15, -0.1) is 11.3 Å². The van der Waals surface area contributed by atoms with Gasteiger partial charge in [-0.25, -0.2) is 4.79 Å². The molecule has 0 saturated carbocycles. The van der Waals surface area contributed by atoms with Gasteiger partial charge in [-0.1, -0.05) is 22.0 Å². The number of benzene rings is 1. The van der Waals surface area contributed by atoms with Gasteiger partial charge in [0.05, 0.1) is 3.79 Å². The number of nitrogens with one attached hydrogen (secondary N) is 1. The minimum atomic E-state index is -0.899. The van der Waals surface area contributed by atoms with Gasteiger partial charge in [-0.2, -0.15) is 0 Å². The van der Waals surface area contributed by atoms with Gasteiger partial charge in [0.1, 0.15) is 0 Å². The summed E-state index contributed by atoms with van der Waals surface area (Å²) in [4.78, 5) is 12.1. The Balaban J connectivity index is 2.24. The van der Waals surface area contributed by atoms with Gasteiger partial charge in [0, 0.05) is 15.0 Å². The highest BCUT2D eigenvalue weighted by molar-refractivity contribution is 9.11. The van der Waals surface area contributed by atoms with Crippen LogP contribution >= 0.6 is 43.2 Å². The highest BCUT2D eigenvalue weighted by Gasteiger charge is 2.21. The molecule has 2 aromatic rings. The zero-order valence-corrected chi connectivity index (χ0v) is 13.0. The summed E-state index contributed by atoms with van der Waals surface area (Å²) in [5.74, 6) is -0.899. The number of halogens is 2. The van der Waals surface area contributed by atoms with E-state index in [1.165, 1.54) is 11.3 Å². The van der Waals surface area contributed by atoms with E-state index in [1.807, 2.05) is 30.3 Å². The molecule has 0 radical (unpaired) electrons. The van der Waals surface area contributed by atoms with Crippen LogP contribution in [0.25, 0.3) is 0 Å². The number of rotatable bonds is 4. The number of hydrogen-bond acceptors (Lipinski definition) is 3. The predicted molar refractivity (Wildman–Crippen MR) is 80.2 cm³/mol. The van der Waals surface area contributed by atoms with Gasteiger partial charge in [0.15, 0.2) is 6.04 Å². The molecule has 0 aliphatic heterocycles. The summed E-state index contributed by atoms with van der Waals surface area (Å²) in [5.41, 5.74) is 0.765. The fourth-order valence-corrected chi connectivity index (χ4v) is 3.35. The molecule has 2 rings (SSSR count). The summed E-state index contributed by atoms with van der Waals surface area (Å²) in [7, 11) is 0. The van der Waals surface area contributed by atoms with E-state index in [0.717, 1.165) is 18.8 Å². The predicted octanol–water partition coefficient (Wildman–Crippen LogP) is 4.51. The molecule has 1 unspecified atom stereocenters. The Morgan fingerprint density at radius 3 is 2.61 bits per heavy atom. The lowest BCUT2D eigenvalue weighted by molar-refractivity contribution is -0.138. The zero-order chi connectivity index (χ0) is 13.1. The van der Waals surface area contributed by atoms with E-state index in [2.05, 4.69) is 37.2 Å². The minimum absolute atomic E-state index is 0.740. The van der Waals surface area contributed by atoms with E-state index in [9.17, 15) is 9.90 Å². The number of carboxylic acid groups (broad SMARTS) is 1. The molecule has 1 atom stereocenters. The molecule has 18 heavy (non-hydrogen) atoms. The van der Waals surface area contributed by atoms with Crippen molar-refractivity contribution in [3.8, 4) is 0 Å². The van der Waals surface area contributed by atoms with E-state index >= 15 is 0 Å². The second kappa shape index (κ2) is 5.86. The molecule has 2 N–H and O–H groups in total.